The Bertz CT molecular complexity index is 607. The van der Waals surface area contributed by atoms with Gasteiger partial charge >= 0.3 is 0 Å². The van der Waals surface area contributed by atoms with Gasteiger partial charge in [0.15, 0.2) is 17.4 Å². The number of nitrogens with zero attached hydrogens (tertiary/aromatic N) is 2. The second-order valence-electron chi connectivity index (χ2n) is 3.85. The van der Waals surface area contributed by atoms with E-state index in [1.807, 2.05) is 0 Å². The highest BCUT2D eigenvalue weighted by Gasteiger charge is 2.10. The minimum absolute atomic E-state index is 0.200. The number of rotatable bonds is 5. The molecule has 0 atom stereocenters. The Morgan fingerprint density at radius 3 is 2.80 bits per heavy atom. The molecular weight excluding hydrogens is 263 g/mol. The molecule has 0 amide bonds. The number of benzene rings is 1. The van der Waals surface area contributed by atoms with Crippen LogP contribution in [-0.2, 0) is 0 Å². The Kier molecular flexibility index (Phi) is 4.19. The molecule has 0 fully saturated rings. The maximum absolute atomic E-state index is 13.7. The van der Waals surface area contributed by atoms with Crippen LogP contribution in [0.15, 0.2) is 24.5 Å². The lowest BCUT2D eigenvalue weighted by molar-refractivity contribution is 0.321. The fraction of sp³-hybridized carbons (Fsp3) is 0.231. The Morgan fingerprint density at radius 2 is 2.15 bits per heavy atom. The third-order valence-electron chi connectivity index (χ3n) is 2.54. The predicted octanol–water partition coefficient (Wildman–Crippen LogP) is 2.35. The quantitative estimate of drug-likeness (QED) is 0.873. The highest BCUT2D eigenvalue weighted by molar-refractivity contribution is 5.72. The molecule has 0 radical (unpaired) electrons. The van der Waals surface area contributed by atoms with Crippen molar-refractivity contribution in [2.75, 3.05) is 24.8 Å². The van der Waals surface area contributed by atoms with E-state index in [1.165, 1.54) is 25.6 Å². The van der Waals surface area contributed by atoms with Gasteiger partial charge in [-0.2, -0.15) is 4.98 Å². The highest BCUT2D eigenvalue weighted by atomic mass is 19.1. The van der Waals surface area contributed by atoms with E-state index in [0.29, 0.717) is 18.1 Å². The second-order valence-corrected chi connectivity index (χ2v) is 3.85. The maximum atomic E-state index is 13.7. The van der Waals surface area contributed by atoms with Gasteiger partial charge in [0.25, 0.3) is 0 Å². The van der Waals surface area contributed by atoms with Crippen LogP contribution in [0.4, 0.5) is 21.6 Å². The average Bonchev–Trinajstić information content (AvgIpc) is 2.44. The highest BCUT2D eigenvalue weighted by Crippen LogP contribution is 2.28. The van der Waals surface area contributed by atoms with E-state index >= 15 is 0 Å². The van der Waals surface area contributed by atoms with Crippen LogP contribution >= 0.6 is 0 Å². The molecule has 2 aromatic rings. The van der Waals surface area contributed by atoms with E-state index < -0.39 is 5.82 Å². The van der Waals surface area contributed by atoms with Gasteiger partial charge in [0.2, 0.25) is 5.88 Å². The van der Waals surface area contributed by atoms with E-state index in [-0.39, 0.29) is 17.3 Å². The zero-order chi connectivity index (χ0) is 14.5. The number of nitrogen functional groups attached to an aromatic ring is 1. The van der Waals surface area contributed by atoms with Crippen LogP contribution in [0.25, 0.3) is 0 Å². The van der Waals surface area contributed by atoms with Gasteiger partial charge in [-0.15, -0.1) is 0 Å². The molecule has 0 aliphatic carbocycles. The molecule has 1 aromatic carbocycles. The summed E-state index contributed by atoms with van der Waals surface area (Å²) in [6.07, 6.45) is 1.31. The molecule has 0 unspecified atom stereocenters. The number of hydrogen-bond donors (Lipinski definition) is 2. The SMILES string of the molecule is CCOc1ccc(Nc2ncnc(OC)c2N)cc1F. The summed E-state index contributed by atoms with van der Waals surface area (Å²) < 4.78 is 23.8. The smallest absolute Gasteiger partial charge is 0.242 e. The molecule has 7 heteroatoms. The first-order valence-corrected chi connectivity index (χ1v) is 5.99. The van der Waals surface area contributed by atoms with Crippen molar-refractivity contribution < 1.29 is 13.9 Å². The molecule has 0 spiro atoms. The number of nitrogens with one attached hydrogen (secondary N) is 1. The first kappa shape index (κ1) is 13.9. The Balaban J connectivity index is 2.24. The third kappa shape index (κ3) is 2.87. The fourth-order valence-corrected chi connectivity index (χ4v) is 1.63. The van der Waals surface area contributed by atoms with Crippen molar-refractivity contribution in [3.63, 3.8) is 0 Å². The third-order valence-corrected chi connectivity index (χ3v) is 2.54. The summed E-state index contributed by atoms with van der Waals surface area (Å²) in [5, 5.41) is 2.91. The molecule has 2 rings (SSSR count). The minimum atomic E-state index is -0.462. The Labute approximate surface area is 115 Å². The molecule has 1 aromatic heterocycles. The molecule has 106 valence electrons. The van der Waals surface area contributed by atoms with Crippen LogP contribution < -0.4 is 20.5 Å². The van der Waals surface area contributed by atoms with Crippen molar-refractivity contribution in [2.45, 2.75) is 6.92 Å². The maximum Gasteiger partial charge on any atom is 0.242 e. The molecule has 0 bridgehead atoms. The number of aromatic nitrogens is 2. The Morgan fingerprint density at radius 1 is 1.35 bits per heavy atom. The van der Waals surface area contributed by atoms with E-state index in [9.17, 15) is 4.39 Å². The molecule has 0 saturated carbocycles. The van der Waals surface area contributed by atoms with Gasteiger partial charge in [-0.3, -0.25) is 0 Å². The summed E-state index contributed by atoms with van der Waals surface area (Å²) in [7, 11) is 1.46. The van der Waals surface area contributed by atoms with Crippen molar-refractivity contribution in [3.8, 4) is 11.6 Å². The number of hydrogen-bond acceptors (Lipinski definition) is 6. The standard InChI is InChI=1S/C13H15FN4O2/c1-3-20-10-5-4-8(6-9(10)14)18-12-11(15)13(19-2)17-7-16-12/h4-7H,3,15H2,1-2H3,(H,16,17,18). The van der Waals surface area contributed by atoms with Crippen molar-refractivity contribution in [1.82, 2.24) is 9.97 Å². The fourth-order valence-electron chi connectivity index (χ4n) is 1.63. The van der Waals surface area contributed by atoms with Crippen LogP contribution in [0.3, 0.4) is 0 Å². The van der Waals surface area contributed by atoms with Crippen molar-refractivity contribution in [2.24, 2.45) is 0 Å². The first-order valence-electron chi connectivity index (χ1n) is 5.99. The molecule has 6 nitrogen and oxygen atoms in total. The van der Waals surface area contributed by atoms with Crippen LogP contribution in [0.2, 0.25) is 0 Å². The lowest BCUT2D eigenvalue weighted by Crippen LogP contribution is -2.03. The zero-order valence-corrected chi connectivity index (χ0v) is 11.2. The van der Waals surface area contributed by atoms with Gasteiger partial charge in [-0.1, -0.05) is 0 Å². The topological polar surface area (TPSA) is 82.3 Å². The van der Waals surface area contributed by atoms with E-state index in [1.54, 1.807) is 13.0 Å². The van der Waals surface area contributed by atoms with Gasteiger partial charge in [0.1, 0.15) is 12.0 Å². The summed E-state index contributed by atoms with van der Waals surface area (Å²) >= 11 is 0. The lowest BCUT2D eigenvalue weighted by atomic mass is 10.3. The molecule has 20 heavy (non-hydrogen) atoms. The molecule has 0 aliphatic rings. The van der Waals surface area contributed by atoms with Gasteiger partial charge in [0, 0.05) is 11.8 Å². The predicted molar refractivity (Wildman–Crippen MR) is 73.8 cm³/mol. The van der Waals surface area contributed by atoms with Crippen molar-refractivity contribution in [1.29, 1.82) is 0 Å². The van der Waals surface area contributed by atoms with E-state index in [4.69, 9.17) is 15.2 Å². The minimum Gasteiger partial charge on any atom is -0.491 e. The average molecular weight is 278 g/mol. The van der Waals surface area contributed by atoms with Crippen molar-refractivity contribution in [3.05, 3.63) is 30.3 Å². The number of methoxy groups -OCH3 is 1. The van der Waals surface area contributed by atoms with E-state index in [0.717, 1.165) is 0 Å². The lowest BCUT2D eigenvalue weighted by Gasteiger charge is -2.11. The van der Waals surface area contributed by atoms with Crippen LogP contribution in [-0.4, -0.2) is 23.7 Å². The van der Waals surface area contributed by atoms with Crippen LogP contribution in [0, 0.1) is 5.82 Å². The normalized spacial score (nSPS) is 10.2. The molecule has 0 saturated heterocycles. The first-order chi connectivity index (χ1) is 9.65. The summed E-state index contributed by atoms with van der Waals surface area (Å²) in [4.78, 5) is 7.85. The number of ether oxygens (including phenoxy) is 2. The summed E-state index contributed by atoms with van der Waals surface area (Å²) in [5.74, 6) is 0.344. The molecule has 1 heterocycles. The van der Waals surface area contributed by atoms with E-state index in [2.05, 4.69) is 15.3 Å². The summed E-state index contributed by atoms with van der Waals surface area (Å²) in [5.41, 5.74) is 6.58. The van der Waals surface area contributed by atoms with Crippen LogP contribution in [0.5, 0.6) is 11.6 Å². The zero-order valence-electron chi connectivity index (χ0n) is 11.2. The Hall–Kier alpha value is -2.57. The summed E-state index contributed by atoms with van der Waals surface area (Å²) in [6, 6.07) is 4.51. The largest absolute Gasteiger partial charge is 0.491 e. The van der Waals surface area contributed by atoms with Crippen molar-refractivity contribution >= 4 is 17.2 Å². The number of nitrogens with two attached hydrogens (primary N) is 1. The number of halogens is 1. The number of anilines is 3. The van der Waals surface area contributed by atoms with Crippen LogP contribution in [0.1, 0.15) is 6.92 Å². The van der Waals surface area contributed by atoms with Gasteiger partial charge in [-0.25, -0.2) is 9.37 Å². The van der Waals surface area contributed by atoms with Gasteiger partial charge in [0.05, 0.1) is 13.7 Å². The molecule has 0 aliphatic heterocycles. The molecular formula is C13H15FN4O2. The summed E-state index contributed by atoms with van der Waals surface area (Å²) in [6.45, 7) is 2.19. The monoisotopic (exact) mass is 278 g/mol. The van der Waals surface area contributed by atoms with Gasteiger partial charge < -0.3 is 20.5 Å². The molecule has 3 N–H and O–H groups in total. The second kappa shape index (κ2) is 6.05. The van der Waals surface area contributed by atoms with Gasteiger partial charge in [-0.05, 0) is 19.1 Å².